The van der Waals surface area contributed by atoms with E-state index in [4.69, 9.17) is 0 Å². The molecule has 1 aliphatic carbocycles. The van der Waals surface area contributed by atoms with Gasteiger partial charge in [-0.1, -0.05) is 24.3 Å². The highest BCUT2D eigenvalue weighted by Crippen LogP contribution is 2.21. The number of nitrogens with zero attached hydrogens (tertiary/aromatic N) is 1. The fourth-order valence-electron chi connectivity index (χ4n) is 2.83. The van der Waals surface area contributed by atoms with Crippen molar-refractivity contribution in [1.82, 2.24) is 5.32 Å². The standard InChI is InChI=1S/C21H25N3O2/c1-3-24(18-7-5-4-6-8-18)20(25)14-22-19-13-16(10-9-15(19)2)21(26)23-17-11-12-17/h4-10,13,17,22H,3,11-12,14H2,1-2H3,(H,23,26). The first kappa shape index (κ1) is 18.0. The molecule has 136 valence electrons. The fourth-order valence-corrected chi connectivity index (χ4v) is 2.83. The lowest BCUT2D eigenvalue weighted by Gasteiger charge is -2.22. The van der Waals surface area contributed by atoms with Gasteiger partial charge < -0.3 is 15.5 Å². The zero-order chi connectivity index (χ0) is 18.5. The summed E-state index contributed by atoms with van der Waals surface area (Å²) >= 11 is 0. The van der Waals surface area contributed by atoms with Crippen molar-refractivity contribution in [2.24, 2.45) is 0 Å². The van der Waals surface area contributed by atoms with E-state index in [2.05, 4.69) is 10.6 Å². The molecule has 0 aliphatic heterocycles. The summed E-state index contributed by atoms with van der Waals surface area (Å²) in [4.78, 5) is 26.6. The fraction of sp³-hybridized carbons (Fsp3) is 0.333. The Kier molecular flexibility index (Phi) is 5.56. The third kappa shape index (κ3) is 4.42. The number of likely N-dealkylation sites (N-methyl/N-ethyl adjacent to an activating group) is 1. The van der Waals surface area contributed by atoms with Gasteiger partial charge in [0.2, 0.25) is 5.91 Å². The molecule has 0 atom stereocenters. The van der Waals surface area contributed by atoms with Crippen molar-refractivity contribution < 1.29 is 9.59 Å². The first-order chi connectivity index (χ1) is 12.6. The van der Waals surface area contributed by atoms with E-state index in [1.807, 2.05) is 62.4 Å². The molecule has 0 saturated heterocycles. The maximum Gasteiger partial charge on any atom is 0.251 e. The van der Waals surface area contributed by atoms with Gasteiger partial charge in [-0.2, -0.15) is 0 Å². The summed E-state index contributed by atoms with van der Waals surface area (Å²) in [7, 11) is 0. The molecule has 2 amide bonds. The zero-order valence-corrected chi connectivity index (χ0v) is 15.3. The Labute approximate surface area is 154 Å². The van der Waals surface area contributed by atoms with Crippen LogP contribution >= 0.6 is 0 Å². The van der Waals surface area contributed by atoms with Crippen molar-refractivity contribution >= 4 is 23.2 Å². The molecule has 2 aromatic carbocycles. The van der Waals surface area contributed by atoms with Gasteiger partial charge in [0.05, 0.1) is 6.54 Å². The number of hydrogen-bond donors (Lipinski definition) is 2. The summed E-state index contributed by atoms with van der Waals surface area (Å²) in [5, 5.41) is 6.18. The largest absolute Gasteiger partial charge is 0.376 e. The Morgan fingerprint density at radius 1 is 1.12 bits per heavy atom. The Bertz CT molecular complexity index is 785. The monoisotopic (exact) mass is 351 g/mol. The molecule has 0 bridgehead atoms. The minimum atomic E-state index is -0.0543. The van der Waals surface area contributed by atoms with Gasteiger partial charge in [0.1, 0.15) is 0 Å². The second kappa shape index (κ2) is 8.04. The van der Waals surface area contributed by atoms with E-state index in [9.17, 15) is 9.59 Å². The number of amides is 2. The van der Waals surface area contributed by atoms with Crippen LogP contribution in [0.15, 0.2) is 48.5 Å². The van der Waals surface area contributed by atoms with Gasteiger partial charge in [-0.25, -0.2) is 0 Å². The van der Waals surface area contributed by atoms with Crippen molar-refractivity contribution in [3.05, 3.63) is 59.7 Å². The number of rotatable bonds is 7. The highest BCUT2D eigenvalue weighted by atomic mass is 16.2. The molecule has 5 nitrogen and oxygen atoms in total. The third-order valence-electron chi connectivity index (χ3n) is 4.53. The minimum absolute atomic E-state index is 0.00839. The van der Waals surface area contributed by atoms with Gasteiger partial charge in [-0.15, -0.1) is 0 Å². The van der Waals surface area contributed by atoms with Crippen molar-refractivity contribution in [3.8, 4) is 0 Å². The molecule has 0 unspecified atom stereocenters. The first-order valence-corrected chi connectivity index (χ1v) is 9.09. The van der Waals surface area contributed by atoms with Crippen LogP contribution in [0.2, 0.25) is 0 Å². The molecular formula is C21H25N3O2. The lowest BCUT2D eigenvalue weighted by atomic mass is 10.1. The van der Waals surface area contributed by atoms with Crippen LogP contribution in [0.25, 0.3) is 0 Å². The van der Waals surface area contributed by atoms with Crippen LogP contribution in [0, 0.1) is 6.92 Å². The molecule has 5 heteroatoms. The zero-order valence-electron chi connectivity index (χ0n) is 15.3. The number of benzene rings is 2. The lowest BCUT2D eigenvalue weighted by Crippen LogP contribution is -2.35. The van der Waals surface area contributed by atoms with E-state index in [0.29, 0.717) is 18.2 Å². The highest BCUT2D eigenvalue weighted by molar-refractivity contribution is 5.97. The minimum Gasteiger partial charge on any atom is -0.376 e. The van der Waals surface area contributed by atoms with E-state index in [0.717, 1.165) is 29.8 Å². The number of anilines is 2. The first-order valence-electron chi connectivity index (χ1n) is 9.09. The SMILES string of the molecule is CCN(C(=O)CNc1cc(C(=O)NC2CC2)ccc1C)c1ccccc1. The molecule has 1 fully saturated rings. The van der Waals surface area contributed by atoms with Crippen LogP contribution in [0.4, 0.5) is 11.4 Å². The van der Waals surface area contributed by atoms with Gasteiger partial charge in [0.15, 0.2) is 0 Å². The molecule has 1 aliphatic rings. The van der Waals surface area contributed by atoms with E-state index >= 15 is 0 Å². The quantitative estimate of drug-likeness (QED) is 0.804. The van der Waals surface area contributed by atoms with Gasteiger partial charge in [-0.3, -0.25) is 9.59 Å². The maximum absolute atomic E-state index is 12.6. The smallest absolute Gasteiger partial charge is 0.251 e. The topological polar surface area (TPSA) is 61.4 Å². The number of carbonyl (C=O) groups is 2. The Morgan fingerprint density at radius 2 is 1.85 bits per heavy atom. The Hall–Kier alpha value is -2.82. The molecule has 2 N–H and O–H groups in total. The average molecular weight is 351 g/mol. The van der Waals surface area contributed by atoms with E-state index < -0.39 is 0 Å². The van der Waals surface area contributed by atoms with Crippen molar-refractivity contribution in [1.29, 1.82) is 0 Å². The second-order valence-electron chi connectivity index (χ2n) is 6.60. The van der Waals surface area contributed by atoms with Crippen molar-refractivity contribution in [3.63, 3.8) is 0 Å². The summed E-state index contributed by atoms with van der Waals surface area (Å²) in [5.74, 6) is -0.0627. The molecule has 0 heterocycles. The van der Waals surface area contributed by atoms with Crippen molar-refractivity contribution in [2.45, 2.75) is 32.7 Å². The maximum atomic E-state index is 12.6. The second-order valence-corrected chi connectivity index (χ2v) is 6.60. The summed E-state index contributed by atoms with van der Waals surface area (Å²) < 4.78 is 0. The predicted octanol–water partition coefficient (Wildman–Crippen LogP) is 3.35. The number of carbonyl (C=O) groups excluding carboxylic acids is 2. The molecule has 2 aromatic rings. The van der Waals surface area contributed by atoms with E-state index in [1.165, 1.54) is 0 Å². The van der Waals surface area contributed by atoms with E-state index in [1.54, 1.807) is 4.90 Å². The number of nitrogens with one attached hydrogen (secondary N) is 2. The molecule has 0 radical (unpaired) electrons. The number of hydrogen-bond acceptors (Lipinski definition) is 3. The van der Waals surface area contributed by atoms with Crippen LogP contribution in [0.1, 0.15) is 35.7 Å². The normalized spacial score (nSPS) is 13.2. The molecule has 0 aromatic heterocycles. The Balaban J connectivity index is 1.66. The summed E-state index contributed by atoms with van der Waals surface area (Å²) in [5.41, 5.74) is 3.32. The number of aryl methyl sites for hydroxylation is 1. The molecule has 3 rings (SSSR count). The molecule has 26 heavy (non-hydrogen) atoms. The van der Waals surface area contributed by atoms with Gasteiger partial charge in [0.25, 0.3) is 5.91 Å². The van der Waals surface area contributed by atoms with Gasteiger partial charge in [-0.05, 0) is 56.5 Å². The van der Waals surface area contributed by atoms with E-state index in [-0.39, 0.29) is 18.4 Å². The molecular weight excluding hydrogens is 326 g/mol. The highest BCUT2D eigenvalue weighted by Gasteiger charge is 2.24. The lowest BCUT2D eigenvalue weighted by molar-refractivity contribution is -0.116. The van der Waals surface area contributed by atoms with Crippen LogP contribution in [-0.2, 0) is 4.79 Å². The third-order valence-corrected chi connectivity index (χ3v) is 4.53. The average Bonchev–Trinajstić information content (AvgIpc) is 3.46. The van der Waals surface area contributed by atoms with Gasteiger partial charge in [0, 0.05) is 29.5 Å². The summed E-state index contributed by atoms with van der Waals surface area (Å²) in [6.07, 6.45) is 2.12. The summed E-state index contributed by atoms with van der Waals surface area (Å²) in [6, 6.07) is 15.5. The van der Waals surface area contributed by atoms with Crippen LogP contribution in [-0.4, -0.2) is 30.9 Å². The Morgan fingerprint density at radius 3 is 2.50 bits per heavy atom. The van der Waals surface area contributed by atoms with Crippen LogP contribution < -0.4 is 15.5 Å². The summed E-state index contributed by atoms with van der Waals surface area (Å²) in [6.45, 7) is 4.70. The molecule has 0 spiro atoms. The molecule has 1 saturated carbocycles. The number of para-hydroxylation sites is 1. The van der Waals surface area contributed by atoms with Crippen molar-refractivity contribution in [2.75, 3.05) is 23.3 Å². The predicted molar refractivity (Wildman–Crippen MR) is 105 cm³/mol. The van der Waals surface area contributed by atoms with Crippen LogP contribution in [0.3, 0.4) is 0 Å². The van der Waals surface area contributed by atoms with Gasteiger partial charge >= 0.3 is 0 Å². The van der Waals surface area contributed by atoms with Crippen LogP contribution in [0.5, 0.6) is 0 Å².